The summed E-state index contributed by atoms with van der Waals surface area (Å²) in [5.41, 5.74) is 4.57. The number of aliphatic hydroxyl groups excluding tert-OH is 1. The molecule has 1 amide bonds. The molecule has 33 heavy (non-hydrogen) atoms. The molecule has 0 spiro atoms. The summed E-state index contributed by atoms with van der Waals surface area (Å²) in [5.74, 6) is -0.444. The summed E-state index contributed by atoms with van der Waals surface area (Å²) in [5, 5.41) is 26.0. The second-order valence-electron chi connectivity index (χ2n) is 9.68. The van der Waals surface area contributed by atoms with E-state index in [4.69, 9.17) is 9.72 Å². The lowest BCUT2D eigenvalue weighted by Gasteiger charge is -2.44. The molecule has 1 aliphatic carbocycles. The SMILES string of the molecule is CCC1(O)C2=C(COC1O)C(=O)N1Cc3c(nc4cc(F)c(C)c5c4c3[C@@H](NC)CC5)C1C2. The first kappa shape index (κ1) is 21.2. The molecule has 0 bridgehead atoms. The molecular weight excluding hydrogens is 425 g/mol. The Labute approximate surface area is 191 Å². The van der Waals surface area contributed by atoms with Gasteiger partial charge in [0.2, 0.25) is 0 Å². The Hall–Kier alpha value is -2.39. The average molecular weight is 454 g/mol. The van der Waals surface area contributed by atoms with Gasteiger partial charge in [-0.3, -0.25) is 9.78 Å². The van der Waals surface area contributed by atoms with Gasteiger partial charge in [0.05, 0.1) is 23.9 Å². The van der Waals surface area contributed by atoms with Gasteiger partial charge in [0.15, 0.2) is 6.29 Å². The lowest BCUT2D eigenvalue weighted by molar-refractivity contribution is -0.208. The topological polar surface area (TPSA) is 94.9 Å². The van der Waals surface area contributed by atoms with Crippen molar-refractivity contribution in [2.75, 3.05) is 13.7 Å². The van der Waals surface area contributed by atoms with Gasteiger partial charge in [0.25, 0.3) is 5.91 Å². The van der Waals surface area contributed by atoms with E-state index >= 15 is 0 Å². The van der Waals surface area contributed by atoms with E-state index in [1.807, 2.05) is 14.0 Å². The predicted octanol–water partition coefficient (Wildman–Crippen LogP) is 2.46. The Morgan fingerprint density at radius 2 is 2.18 bits per heavy atom. The Bertz CT molecular complexity index is 1260. The lowest BCUT2D eigenvalue weighted by atomic mass is 9.78. The number of rotatable bonds is 2. The number of carbonyl (C=O) groups excluding carboxylic acids is 1. The highest BCUT2D eigenvalue weighted by Crippen LogP contribution is 2.51. The molecule has 0 saturated heterocycles. The third-order valence-corrected chi connectivity index (χ3v) is 8.31. The number of pyridine rings is 1. The number of hydrogen-bond acceptors (Lipinski definition) is 6. The monoisotopic (exact) mass is 453 g/mol. The van der Waals surface area contributed by atoms with E-state index in [0.717, 1.165) is 40.6 Å². The van der Waals surface area contributed by atoms with Gasteiger partial charge < -0.3 is 25.2 Å². The molecule has 4 heterocycles. The van der Waals surface area contributed by atoms with Gasteiger partial charge in [0.1, 0.15) is 11.4 Å². The first-order chi connectivity index (χ1) is 15.8. The third kappa shape index (κ3) is 2.63. The molecule has 1 aromatic carbocycles. The van der Waals surface area contributed by atoms with Crippen molar-refractivity contribution in [2.24, 2.45) is 0 Å². The Kier molecular flexibility index (Phi) is 4.52. The summed E-state index contributed by atoms with van der Waals surface area (Å²) in [6.07, 6.45) is 0.858. The summed E-state index contributed by atoms with van der Waals surface area (Å²) in [7, 11) is 1.93. The van der Waals surface area contributed by atoms with Crippen molar-refractivity contribution in [3.8, 4) is 0 Å². The molecule has 3 aliphatic heterocycles. The minimum atomic E-state index is -1.60. The van der Waals surface area contributed by atoms with Crippen LogP contribution in [-0.4, -0.2) is 51.5 Å². The van der Waals surface area contributed by atoms with E-state index in [0.29, 0.717) is 35.2 Å². The van der Waals surface area contributed by atoms with Gasteiger partial charge >= 0.3 is 0 Å². The highest BCUT2D eigenvalue weighted by atomic mass is 19.1. The number of aromatic nitrogens is 1. The summed E-state index contributed by atoms with van der Waals surface area (Å²) >= 11 is 0. The molecule has 3 N–H and O–H groups in total. The highest BCUT2D eigenvalue weighted by molar-refractivity contribution is 5.98. The molecule has 1 aromatic heterocycles. The number of amides is 1. The van der Waals surface area contributed by atoms with Crippen LogP contribution in [0.25, 0.3) is 10.9 Å². The minimum absolute atomic E-state index is 0.0207. The number of hydrogen-bond donors (Lipinski definition) is 3. The van der Waals surface area contributed by atoms with Crippen LogP contribution in [0.3, 0.4) is 0 Å². The van der Waals surface area contributed by atoms with Crippen LogP contribution in [0.4, 0.5) is 4.39 Å². The largest absolute Gasteiger partial charge is 0.380 e. The average Bonchev–Trinajstić information content (AvgIpc) is 3.18. The fourth-order valence-corrected chi connectivity index (χ4v) is 6.41. The van der Waals surface area contributed by atoms with Crippen LogP contribution in [0, 0.1) is 12.7 Å². The van der Waals surface area contributed by atoms with E-state index in [2.05, 4.69) is 5.32 Å². The number of benzene rings is 1. The van der Waals surface area contributed by atoms with E-state index in [1.54, 1.807) is 11.8 Å². The first-order valence-corrected chi connectivity index (χ1v) is 11.7. The quantitative estimate of drug-likeness (QED) is 0.647. The number of halogens is 1. The molecule has 4 aliphatic rings. The van der Waals surface area contributed by atoms with Gasteiger partial charge in [-0.1, -0.05) is 6.92 Å². The first-order valence-electron chi connectivity index (χ1n) is 11.7. The Morgan fingerprint density at radius 1 is 1.39 bits per heavy atom. The summed E-state index contributed by atoms with van der Waals surface area (Å²) < 4.78 is 20.2. The Balaban J connectivity index is 1.57. The smallest absolute Gasteiger partial charge is 0.253 e. The summed E-state index contributed by atoms with van der Waals surface area (Å²) in [4.78, 5) is 20.3. The number of ether oxygens (including phenoxy) is 1. The van der Waals surface area contributed by atoms with Crippen LogP contribution in [0.1, 0.15) is 66.2 Å². The van der Waals surface area contributed by atoms with Crippen molar-refractivity contribution in [3.05, 3.63) is 51.0 Å². The van der Waals surface area contributed by atoms with E-state index in [-0.39, 0.29) is 36.8 Å². The fourth-order valence-electron chi connectivity index (χ4n) is 6.41. The standard InChI is InChI=1S/C25H28FN3O4/c1-4-25(32)15-7-19-22-13(9-29(19)23(30)14(15)10-33-24(25)31)21-17(27-3)6-5-12-11(2)16(26)8-18(28-22)20(12)21/h8,17,19,24,27,31-32H,4-7,9-10H2,1-3H3/t17-,19?,24?,25?/m0/s1. The highest BCUT2D eigenvalue weighted by Gasteiger charge is 2.52. The number of aryl methyl sites for hydroxylation is 1. The van der Waals surface area contributed by atoms with E-state index < -0.39 is 11.9 Å². The number of carbonyl (C=O) groups is 1. The van der Waals surface area contributed by atoms with Crippen molar-refractivity contribution < 1.29 is 24.1 Å². The number of nitrogens with zero attached hydrogens (tertiary/aromatic N) is 2. The van der Waals surface area contributed by atoms with Crippen molar-refractivity contribution in [1.82, 2.24) is 15.2 Å². The van der Waals surface area contributed by atoms with Crippen LogP contribution in [-0.2, 0) is 22.5 Å². The molecule has 0 saturated carbocycles. The molecule has 6 rings (SSSR count). The molecule has 174 valence electrons. The van der Waals surface area contributed by atoms with Crippen LogP contribution < -0.4 is 5.32 Å². The summed E-state index contributed by atoms with van der Waals surface area (Å²) in [6.45, 7) is 3.99. The van der Waals surface area contributed by atoms with Gasteiger partial charge in [0, 0.05) is 35.2 Å². The zero-order chi connectivity index (χ0) is 23.2. The molecule has 0 radical (unpaired) electrons. The molecule has 7 nitrogen and oxygen atoms in total. The lowest BCUT2D eigenvalue weighted by Crippen LogP contribution is -2.53. The number of aliphatic hydroxyl groups is 2. The van der Waals surface area contributed by atoms with Crippen LogP contribution in [0.15, 0.2) is 17.2 Å². The molecule has 0 fully saturated rings. The zero-order valence-electron chi connectivity index (χ0n) is 19.0. The van der Waals surface area contributed by atoms with Crippen molar-refractivity contribution in [2.45, 2.75) is 70.1 Å². The molecule has 4 atom stereocenters. The van der Waals surface area contributed by atoms with Gasteiger partial charge in [-0.2, -0.15) is 0 Å². The number of fused-ring (bicyclic) bond motifs is 4. The second kappa shape index (κ2) is 7.06. The maximum atomic E-state index is 14.8. The zero-order valence-corrected chi connectivity index (χ0v) is 19.0. The van der Waals surface area contributed by atoms with E-state index in [1.165, 1.54) is 6.07 Å². The van der Waals surface area contributed by atoms with Crippen molar-refractivity contribution in [1.29, 1.82) is 0 Å². The van der Waals surface area contributed by atoms with Gasteiger partial charge in [-0.25, -0.2) is 4.39 Å². The molecule has 3 unspecified atom stereocenters. The van der Waals surface area contributed by atoms with Crippen molar-refractivity contribution in [3.63, 3.8) is 0 Å². The molecule has 8 heteroatoms. The van der Waals surface area contributed by atoms with Crippen molar-refractivity contribution >= 4 is 16.8 Å². The third-order valence-electron chi connectivity index (χ3n) is 8.31. The minimum Gasteiger partial charge on any atom is -0.380 e. The second-order valence-corrected chi connectivity index (χ2v) is 9.68. The maximum Gasteiger partial charge on any atom is 0.253 e. The maximum absolute atomic E-state index is 14.8. The van der Waals surface area contributed by atoms with Gasteiger partial charge in [-0.15, -0.1) is 0 Å². The van der Waals surface area contributed by atoms with Crippen LogP contribution in [0.5, 0.6) is 0 Å². The molecule has 2 aromatic rings. The molecular formula is C25H28FN3O4. The summed E-state index contributed by atoms with van der Waals surface area (Å²) in [6, 6.07) is 1.25. The Morgan fingerprint density at radius 3 is 2.91 bits per heavy atom. The van der Waals surface area contributed by atoms with Crippen LogP contribution in [0.2, 0.25) is 0 Å². The van der Waals surface area contributed by atoms with Crippen LogP contribution >= 0.6 is 0 Å². The predicted molar refractivity (Wildman–Crippen MR) is 119 cm³/mol. The fraction of sp³-hybridized carbons (Fsp3) is 0.520. The normalized spacial score (nSPS) is 30.5. The van der Waals surface area contributed by atoms with E-state index in [9.17, 15) is 19.4 Å². The van der Waals surface area contributed by atoms with Gasteiger partial charge in [-0.05, 0) is 61.9 Å². The number of nitrogens with one attached hydrogen (secondary N) is 1.